The molecule has 0 radical (unpaired) electrons. The van der Waals surface area contributed by atoms with Gasteiger partial charge < -0.3 is 20.1 Å². The molecule has 44 heavy (non-hydrogen) atoms. The Morgan fingerprint density at radius 1 is 1.14 bits per heavy atom. The van der Waals surface area contributed by atoms with Crippen molar-refractivity contribution in [2.75, 3.05) is 44.0 Å². The molecular weight excluding hydrogens is 609 g/mol. The number of alkyl halides is 3. The molecule has 2 fully saturated rings. The standard InChI is InChI=1S/C28H24F5N7O3S/c1-41-27-37-23-20(26(38-27)40-12-2-3-13(40)9-39(8-12)4-5-43-28(31,32)33)16-11-42-10-15(16)18(21(23)30)22-19-14(6-34)25(35)44-24(19)17(29)7-36-22/h7,12-13H,2-5,8-11,35H2,1H3. The largest absolute Gasteiger partial charge is 0.522 e. The Balaban J connectivity index is 1.38. The van der Waals surface area contributed by atoms with Gasteiger partial charge in [0.1, 0.15) is 22.4 Å². The van der Waals surface area contributed by atoms with Crippen LogP contribution in [0.1, 0.15) is 29.5 Å². The van der Waals surface area contributed by atoms with Crippen LogP contribution in [0.15, 0.2) is 6.20 Å². The van der Waals surface area contributed by atoms with Gasteiger partial charge in [-0.05, 0) is 24.0 Å². The predicted octanol–water partition coefficient (Wildman–Crippen LogP) is 4.87. The molecule has 2 bridgehead atoms. The van der Waals surface area contributed by atoms with E-state index in [0.717, 1.165) is 30.4 Å². The number of fused-ring (bicyclic) bond motifs is 6. The smallest absolute Gasteiger partial charge is 0.467 e. The van der Waals surface area contributed by atoms with E-state index in [9.17, 15) is 22.8 Å². The van der Waals surface area contributed by atoms with E-state index in [1.807, 2.05) is 11.0 Å². The molecule has 0 aliphatic carbocycles. The highest BCUT2D eigenvalue weighted by atomic mass is 32.1. The number of likely N-dealkylation sites (tertiary alicyclic amines) is 1. The number of nitrogens with zero attached hydrogens (tertiary/aromatic N) is 6. The predicted molar refractivity (Wildman–Crippen MR) is 150 cm³/mol. The molecular formula is C28H24F5N7O3S. The van der Waals surface area contributed by atoms with Crippen molar-refractivity contribution in [2.45, 2.75) is 44.5 Å². The summed E-state index contributed by atoms with van der Waals surface area (Å²) in [5, 5.41) is 10.5. The minimum Gasteiger partial charge on any atom is -0.467 e. The maximum absolute atomic E-state index is 16.9. The number of nitriles is 1. The molecule has 2 atom stereocenters. The van der Waals surface area contributed by atoms with Crippen molar-refractivity contribution in [3.05, 3.63) is 34.5 Å². The number of anilines is 2. The van der Waals surface area contributed by atoms with Gasteiger partial charge in [-0.1, -0.05) is 0 Å². The Morgan fingerprint density at radius 2 is 1.86 bits per heavy atom. The third kappa shape index (κ3) is 4.57. The molecule has 3 aliphatic heterocycles. The summed E-state index contributed by atoms with van der Waals surface area (Å²) >= 11 is 0.889. The van der Waals surface area contributed by atoms with Crippen molar-refractivity contribution >= 4 is 43.1 Å². The summed E-state index contributed by atoms with van der Waals surface area (Å²) in [6.45, 7) is 0.738. The lowest BCUT2D eigenvalue weighted by molar-refractivity contribution is -0.325. The van der Waals surface area contributed by atoms with Gasteiger partial charge in [0.25, 0.3) is 0 Å². The fraction of sp³-hybridized carbons (Fsp3) is 0.429. The first kappa shape index (κ1) is 28.8. The molecule has 6 heterocycles. The maximum atomic E-state index is 16.9. The van der Waals surface area contributed by atoms with Crippen LogP contribution in [0.4, 0.5) is 32.8 Å². The van der Waals surface area contributed by atoms with Gasteiger partial charge in [0.2, 0.25) is 0 Å². The van der Waals surface area contributed by atoms with Crippen molar-refractivity contribution in [1.29, 1.82) is 5.26 Å². The number of hydrogen-bond donors (Lipinski definition) is 1. The van der Waals surface area contributed by atoms with Gasteiger partial charge in [0, 0.05) is 42.7 Å². The van der Waals surface area contributed by atoms with Crippen LogP contribution in [-0.4, -0.2) is 71.6 Å². The number of hydrogen-bond acceptors (Lipinski definition) is 11. The van der Waals surface area contributed by atoms with Gasteiger partial charge >= 0.3 is 12.4 Å². The monoisotopic (exact) mass is 633 g/mol. The van der Waals surface area contributed by atoms with Crippen molar-refractivity contribution in [3.8, 4) is 23.3 Å². The van der Waals surface area contributed by atoms with Gasteiger partial charge in [-0.3, -0.25) is 14.6 Å². The van der Waals surface area contributed by atoms with Crippen LogP contribution in [0.2, 0.25) is 0 Å². The van der Waals surface area contributed by atoms with Crippen LogP contribution in [0, 0.1) is 23.0 Å². The average molecular weight is 634 g/mol. The molecule has 1 aromatic carbocycles. The van der Waals surface area contributed by atoms with Crippen molar-refractivity contribution in [3.63, 3.8) is 0 Å². The lowest BCUT2D eigenvalue weighted by Crippen LogP contribution is -2.55. The summed E-state index contributed by atoms with van der Waals surface area (Å²) in [6.07, 6.45) is -2.18. The van der Waals surface area contributed by atoms with Gasteiger partial charge in [0.05, 0.1) is 54.5 Å². The van der Waals surface area contributed by atoms with E-state index in [0.29, 0.717) is 35.4 Å². The zero-order valence-electron chi connectivity index (χ0n) is 23.2. The number of thiophene rings is 1. The summed E-state index contributed by atoms with van der Waals surface area (Å²) < 4.78 is 84.6. The second kappa shape index (κ2) is 10.6. The van der Waals surface area contributed by atoms with Gasteiger partial charge in [0.15, 0.2) is 11.6 Å². The molecule has 10 nitrogen and oxygen atoms in total. The van der Waals surface area contributed by atoms with Crippen molar-refractivity contribution in [2.24, 2.45) is 0 Å². The molecule has 16 heteroatoms. The number of aromatic nitrogens is 3. The Morgan fingerprint density at radius 3 is 2.55 bits per heavy atom. The third-order valence-corrected chi connectivity index (χ3v) is 9.49. The van der Waals surface area contributed by atoms with Crippen LogP contribution in [-0.2, 0) is 22.7 Å². The van der Waals surface area contributed by atoms with Gasteiger partial charge in [-0.2, -0.15) is 15.2 Å². The van der Waals surface area contributed by atoms with E-state index in [4.69, 9.17) is 15.2 Å². The van der Waals surface area contributed by atoms with E-state index in [1.165, 1.54) is 7.11 Å². The number of nitrogen functional groups attached to an aromatic ring is 1. The van der Waals surface area contributed by atoms with E-state index < -0.39 is 24.6 Å². The summed E-state index contributed by atoms with van der Waals surface area (Å²) in [5.41, 5.74) is 7.20. The van der Waals surface area contributed by atoms with Crippen LogP contribution >= 0.6 is 11.3 Å². The Labute approximate surface area is 250 Å². The lowest BCUT2D eigenvalue weighted by Gasteiger charge is -2.42. The van der Waals surface area contributed by atoms with Crippen LogP contribution in [0.3, 0.4) is 0 Å². The molecule has 230 valence electrons. The topological polar surface area (TPSA) is 123 Å². The number of benzene rings is 1. The zero-order chi connectivity index (χ0) is 30.9. The molecule has 4 aromatic rings. The fourth-order valence-electron chi connectivity index (χ4n) is 6.71. The Hall–Kier alpha value is -3.91. The lowest BCUT2D eigenvalue weighted by atomic mass is 9.93. The molecule has 3 aromatic heterocycles. The van der Waals surface area contributed by atoms with E-state index >= 15 is 4.39 Å². The molecule has 0 saturated carbocycles. The molecule has 3 aliphatic rings. The molecule has 2 unspecified atom stereocenters. The molecule has 2 saturated heterocycles. The van der Waals surface area contributed by atoms with E-state index in [-0.39, 0.29) is 75.3 Å². The summed E-state index contributed by atoms with van der Waals surface area (Å²) in [7, 11) is 1.37. The highest BCUT2D eigenvalue weighted by molar-refractivity contribution is 7.23. The summed E-state index contributed by atoms with van der Waals surface area (Å²) in [6, 6.07) is 1.71. The molecule has 0 amide bonds. The Bertz CT molecular complexity index is 1850. The number of methoxy groups -OCH3 is 1. The van der Waals surface area contributed by atoms with Crippen molar-refractivity contribution < 1.29 is 36.2 Å². The first-order valence-corrected chi connectivity index (χ1v) is 14.6. The second-order valence-electron chi connectivity index (χ2n) is 10.9. The Kier molecular flexibility index (Phi) is 6.96. The highest BCUT2D eigenvalue weighted by Gasteiger charge is 2.43. The van der Waals surface area contributed by atoms with Gasteiger partial charge in [-0.25, -0.2) is 8.78 Å². The number of rotatable bonds is 6. The summed E-state index contributed by atoms with van der Waals surface area (Å²) in [4.78, 5) is 17.3. The highest BCUT2D eigenvalue weighted by Crippen LogP contribution is 2.48. The summed E-state index contributed by atoms with van der Waals surface area (Å²) in [5.74, 6) is -0.982. The van der Waals surface area contributed by atoms with Gasteiger partial charge in [-0.15, -0.1) is 24.5 Å². The fourth-order valence-corrected chi connectivity index (χ4v) is 7.63. The van der Waals surface area contributed by atoms with Crippen LogP contribution in [0.5, 0.6) is 6.01 Å². The molecule has 7 rings (SSSR count). The average Bonchev–Trinajstić information content (AvgIpc) is 3.67. The number of halogens is 5. The number of pyridine rings is 1. The third-order valence-electron chi connectivity index (χ3n) is 8.46. The number of ether oxygens (including phenoxy) is 3. The minimum absolute atomic E-state index is 0.00944. The SMILES string of the molecule is COc1nc(N2C3CCC2CN(CCOC(F)(F)F)C3)c2c3c(c(-c4ncc(F)c5sc(N)c(C#N)c45)c(F)c2n1)COC3. The first-order valence-electron chi connectivity index (χ1n) is 13.7. The first-order chi connectivity index (χ1) is 21.1. The molecule has 2 N–H and O–H groups in total. The normalized spacial score (nSPS) is 20.1. The van der Waals surface area contributed by atoms with E-state index in [2.05, 4.69) is 24.6 Å². The van der Waals surface area contributed by atoms with Crippen LogP contribution in [0.25, 0.3) is 32.2 Å². The minimum atomic E-state index is -4.69. The molecule has 0 spiro atoms. The maximum Gasteiger partial charge on any atom is 0.522 e. The second-order valence-corrected chi connectivity index (χ2v) is 11.9. The zero-order valence-corrected chi connectivity index (χ0v) is 24.0. The van der Waals surface area contributed by atoms with Crippen LogP contribution < -0.4 is 15.4 Å². The number of nitrogens with two attached hydrogens (primary N) is 1. The van der Waals surface area contributed by atoms with Crippen molar-refractivity contribution in [1.82, 2.24) is 19.9 Å². The number of piperazine rings is 1. The van der Waals surface area contributed by atoms with E-state index in [1.54, 1.807) is 0 Å². The quantitative estimate of drug-likeness (QED) is 0.295.